The zero-order valence-corrected chi connectivity index (χ0v) is 14.6. The molecule has 1 N–H and O–H groups in total. The Kier molecular flexibility index (Phi) is 5.78. The molecule has 0 radical (unpaired) electrons. The second kappa shape index (κ2) is 8.43. The Labute approximate surface area is 159 Å². The van der Waals surface area contributed by atoms with Crippen molar-refractivity contribution in [2.24, 2.45) is 0 Å². The van der Waals surface area contributed by atoms with E-state index in [0.29, 0.717) is 5.56 Å². The Morgan fingerprint density at radius 2 is 1.82 bits per heavy atom. The van der Waals surface area contributed by atoms with Gasteiger partial charge >= 0.3 is 6.36 Å². The van der Waals surface area contributed by atoms with Crippen LogP contribution >= 0.6 is 0 Å². The van der Waals surface area contributed by atoms with Gasteiger partial charge in [0.15, 0.2) is 0 Å². The highest BCUT2D eigenvalue weighted by molar-refractivity contribution is 5.91. The van der Waals surface area contributed by atoms with E-state index in [0.717, 1.165) is 11.3 Å². The van der Waals surface area contributed by atoms with Crippen LogP contribution in [0, 0.1) is 0 Å². The summed E-state index contributed by atoms with van der Waals surface area (Å²) in [5, 5.41) is 6.89. The fourth-order valence-corrected chi connectivity index (χ4v) is 2.37. The molecule has 144 valence electrons. The first-order valence-electron chi connectivity index (χ1n) is 8.30. The van der Waals surface area contributed by atoms with Crippen LogP contribution in [0.15, 0.2) is 73.1 Å². The molecule has 1 amide bonds. The van der Waals surface area contributed by atoms with E-state index >= 15 is 0 Å². The maximum Gasteiger partial charge on any atom is 0.573 e. The van der Waals surface area contributed by atoms with Gasteiger partial charge in [-0.2, -0.15) is 5.10 Å². The van der Waals surface area contributed by atoms with Gasteiger partial charge in [-0.3, -0.25) is 4.79 Å². The number of hydrogen-bond donors (Lipinski definition) is 1. The number of hydrogen-bond acceptors (Lipinski definition) is 3. The topological polar surface area (TPSA) is 56.2 Å². The fraction of sp³-hybridized carbons (Fsp3) is 0.100. The summed E-state index contributed by atoms with van der Waals surface area (Å²) in [6, 6.07) is 14.9. The van der Waals surface area contributed by atoms with E-state index in [4.69, 9.17) is 0 Å². The van der Waals surface area contributed by atoms with E-state index in [1.807, 2.05) is 30.3 Å². The summed E-state index contributed by atoms with van der Waals surface area (Å²) in [5.74, 6) is -0.638. The summed E-state index contributed by atoms with van der Waals surface area (Å²) >= 11 is 0. The largest absolute Gasteiger partial charge is 0.573 e. The van der Waals surface area contributed by atoms with Gasteiger partial charge in [-0.25, -0.2) is 4.68 Å². The molecule has 28 heavy (non-hydrogen) atoms. The van der Waals surface area contributed by atoms with E-state index in [1.54, 1.807) is 23.2 Å². The first-order chi connectivity index (χ1) is 13.4. The lowest BCUT2D eigenvalue weighted by Gasteiger charge is -2.09. The monoisotopic (exact) mass is 387 g/mol. The Balaban J connectivity index is 1.51. The first kappa shape index (κ1) is 19.2. The molecule has 0 aliphatic rings. The molecule has 0 saturated carbocycles. The molecule has 5 nitrogen and oxygen atoms in total. The highest BCUT2D eigenvalue weighted by Crippen LogP contribution is 2.22. The molecule has 0 bridgehead atoms. The second-order valence-electron chi connectivity index (χ2n) is 5.80. The van der Waals surface area contributed by atoms with Crippen LogP contribution in [-0.4, -0.2) is 22.1 Å². The molecule has 2 aromatic carbocycles. The lowest BCUT2D eigenvalue weighted by Crippen LogP contribution is -2.20. The van der Waals surface area contributed by atoms with Crippen molar-refractivity contribution in [3.05, 3.63) is 84.2 Å². The van der Waals surface area contributed by atoms with E-state index in [2.05, 4.69) is 15.2 Å². The number of alkyl halides is 3. The molecule has 0 spiro atoms. The number of nitrogens with one attached hydrogen (secondary N) is 1. The predicted octanol–water partition coefficient (Wildman–Crippen LogP) is 4.10. The zero-order chi connectivity index (χ0) is 20.0. The number of rotatable bonds is 6. The van der Waals surface area contributed by atoms with Crippen molar-refractivity contribution in [2.75, 3.05) is 0 Å². The van der Waals surface area contributed by atoms with Crippen LogP contribution < -0.4 is 10.1 Å². The summed E-state index contributed by atoms with van der Waals surface area (Å²) in [7, 11) is 0. The number of ether oxygens (including phenoxy) is 1. The third-order valence-corrected chi connectivity index (χ3v) is 3.67. The average Bonchev–Trinajstić information content (AvgIpc) is 3.14. The number of halogens is 3. The quantitative estimate of drug-likeness (QED) is 0.648. The molecule has 8 heteroatoms. The standard InChI is InChI=1S/C20H16F3N3O2/c21-20(22,23)28-18-9-6-15(7-10-18)12-24-19(27)11-8-16-13-25-26(14-16)17-4-2-1-3-5-17/h1-11,13-14H,12H2,(H,24,27)/b11-8+. The zero-order valence-electron chi connectivity index (χ0n) is 14.6. The van der Waals surface area contributed by atoms with Gasteiger partial charge < -0.3 is 10.1 Å². The van der Waals surface area contributed by atoms with Gasteiger partial charge in [0.2, 0.25) is 5.91 Å². The van der Waals surface area contributed by atoms with Crippen LogP contribution in [0.1, 0.15) is 11.1 Å². The third kappa shape index (κ3) is 5.73. The molecular formula is C20H16F3N3O2. The molecule has 3 aromatic rings. The number of para-hydroxylation sites is 1. The van der Waals surface area contributed by atoms with Crippen molar-refractivity contribution in [3.63, 3.8) is 0 Å². The van der Waals surface area contributed by atoms with Crippen LogP contribution in [0.2, 0.25) is 0 Å². The lowest BCUT2D eigenvalue weighted by molar-refractivity contribution is -0.274. The lowest BCUT2D eigenvalue weighted by atomic mass is 10.2. The third-order valence-electron chi connectivity index (χ3n) is 3.67. The Bertz CT molecular complexity index is 949. The van der Waals surface area contributed by atoms with Crippen LogP contribution in [0.4, 0.5) is 13.2 Å². The van der Waals surface area contributed by atoms with Crippen LogP contribution in [0.25, 0.3) is 11.8 Å². The molecule has 0 unspecified atom stereocenters. The van der Waals surface area contributed by atoms with E-state index < -0.39 is 6.36 Å². The van der Waals surface area contributed by atoms with Crippen LogP contribution in [-0.2, 0) is 11.3 Å². The average molecular weight is 387 g/mol. The highest BCUT2D eigenvalue weighted by atomic mass is 19.4. The van der Waals surface area contributed by atoms with E-state index in [-0.39, 0.29) is 18.2 Å². The number of amides is 1. The van der Waals surface area contributed by atoms with Crippen molar-refractivity contribution in [2.45, 2.75) is 12.9 Å². The van der Waals surface area contributed by atoms with Crippen molar-refractivity contribution in [3.8, 4) is 11.4 Å². The van der Waals surface area contributed by atoms with Gasteiger partial charge in [0, 0.05) is 24.4 Å². The van der Waals surface area contributed by atoms with E-state index in [9.17, 15) is 18.0 Å². The maximum atomic E-state index is 12.1. The van der Waals surface area contributed by atoms with Crippen LogP contribution in [0.3, 0.4) is 0 Å². The minimum Gasteiger partial charge on any atom is -0.406 e. The highest BCUT2D eigenvalue weighted by Gasteiger charge is 2.30. The predicted molar refractivity (Wildman–Crippen MR) is 97.6 cm³/mol. The number of aromatic nitrogens is 2. The van der Waals surface area contributed by atoms with Crippen molar-refractivity contribution in [1.82, 2.24) is 15.1 Å². The summed E-state index contributed by atoms with van der Waals surface area (Å²) in [4.78, 5) is 11.9. The van der Waals surface area contributed by atoms with Crippen molar-refractivity contribution < 1.29 is 22.7 Å². The first-order valence-corrected chi connectivity index (χ1v) is 8.30. The van der Waals surface area contributed by atoms with Gasteiger partial charge in [0.1, 0.15) is 5.75 Å². The second-order valence-corrected chi connectivity index (χ2v) is 5.80. The molecule has 1 aromatic heterocycles. The van der Waals surface area contributed by atoms with Gasteiger partial charge in [-0.15, -0.1) is 13.2 Å². The summed E-state index contributed by atoms with van der Waals surface area (Å²) in [6.45, 7) is 0.179. The van der Waals surface area contributed by atoms with Gasteiger partial charge in [0.05, 0.1) is 11.9 Å². The fourth-order valence-electron chi connectivity index (χ4n) is 2.37. The summed E-state index contributed by atoms with van der Waals surface area (Å²) in [5.41, 5.74) is 2.31. The molecule has 0 atom stereocenters. The number of carbonyl (C=O) groups is 1. The van der Waals surface area contributed by atoms with E-state index in [1.165, 1.54) is 30.3 Å². The Morgan fingerprint density at radius 1 is 1.11 bits per heavy atom. The van der Waals surface area contributed by atoms with Gasteiger partial charge in [-0.1, -0.05) is 30.3 Å². The van der Waals surface area contributed by atoms with Crippen molar-refractivity contribution >= 4 is 12.0 Å². The molecule has 0 aliphatic heterocycles. The Hall–Kier alpha value is -3.55. The Morgan fingerprint density at radius 3 is 2.50 bits per heavy atom. The molecule has 1 heterocycles. The minimum atomic E-state index is -4.73. The molecule has 0 aliphatic carbocycles. The summed E-state index contributed by atoms with van der Waals surface area (Å²) < 4.78 is 41.9. The molecule has 0 fully saturated rings. The number of nitrogens with zero attached hydrogens (tertiary/aromatic N) is 2. The molecule has 0 saturated heterocycles. The minimum absolute atomic E-state index is 0.179. The number of carbonyl (C=O) groups excluding carboxylic acids is 1. The molecular weight excluding hydrogens is 371 g/mol. The maximum absolute atomic E-state index is 12.1. The smallest absolute Gasteiger partial charge is 0.406 e. The normalized spacial score (nSPS) is 11.5. The van der Waals surface area contributed by atoms with Crippen molar-refractivity contribution in [1.29, 1.82) is 0 Å². The van der Waals surface area contributed by atoms with Gasteiger partial charge in [-0.05, 0) is 35.9 Å². The molecule has 3 rings (SSSR count). The number of benzene rings is 2. The van der Waals surface area contributed by atoms with Gasteiger partial charge in [0.25, 0.3) is 0 Å². The SMILES string of the molecule is O=C(/C=C/c1cnn(-c2ccccc2)c1)NCc1ccc(OC(F)(F)F)cc1. The van der Waals surface area contributed by atoms with Crippen LogP contribution in [0.5, 0.6) is 5.75 Å². The summed E-state index contributed by atoms with van der Waals surface area (Å²) in [6.07, 6.45) is 1.69.